The van der Waals surface area contributed by atoms with Crippen molar-refractivity contribution in [3.8, 4) is 0 Å². The quantitative estimate of drug-likeness (QED) is 0.683. The third kappa shape index (κ3) is 2.70. The molecule has 1 saturated heterocycles. The zero-order chi connectivity index (χ0) is 12.4. The molecule has 1 aliphatic rings. The van der Waals surface area contributed by atoms with E-state index in [4.69, 9.17) is 16.3 Å². The van der Waals surface area contributed by atoms with Gasteiger partial charge < -0.3 is 10.1 Å². The Morgan fingerprint density at radius 3 is 2.88 bits per heavy atom. The van der Waals surface area contributed by atoms with Gasteiger partial charge >= 0.3 is 0 Å². The van der Waals surface area contributed by atoms with Gasteiger partial charge in [0.2, 0.25) is 0 Å². The summed E-state index contributed by atoms with van der Waals surface area (Å²) in [5.41, 5.74) is 0.305. The van der Waals surface area contributed by atoms with Crippen LogP contribution < -0.4 is 5.32 Å². The summed E-state index contributed by atoms with van der Waals surface area (Å²) in [4.78, 5) is 10.4. The summed E-state index contributed by atoms with van der Waals surface area (Å²) in [6, 6.07) is 2.98. The summed E-state index contributed by atoms with van der Waals surface area (Å²) in [5, 5.41) is 14.2. The largest absolute Gasteiger partial charge is 0.376 e. The first kappa shape index (κ1) is 12.6. The summed E-state index contributed by atoms with van der Waals surface area (Å²) < 4.78 is 5.86. The summed E-state index contributed by atoms with van der Waals surface area (Å²) in [6.07, 6.45) is 1.08. The third-order valence-electron chi connectivity index (χ3n) is 2.57. The lowest BCUT2D eigenvalue weighted by atomic mass is 10.2. The Hall–Kier alpha value is -0.850. The number of hydrogen-bond acceptors (Lipinski definition) is 4. The van der Waals surface area contributed by atoms with Crippen LogP contribution in [0.15, 0.2) is 16.6 Å². The van der Waals surface area contributed by atoms with Crippen LogP contribution in [0.3, 0.4) is 0 Å². The summed E-state index contributed by atoms with van der Waals surface area (Å²) in [5.74, 6) is 0. The van der Waals surface area contributed by atoms with Crippen molar-refractivity contribution in [2.45, 2.75) is 12.5 Å². The Kier molecular flexibility index (Phi) is 3.86. The predicted octanol–water partition coefficient (Wildman–Crippen LogP) is 3.21. The van der Waals surface area contributed by atoms with E-state index in [2.05, 4.69) is 21.2 Å². The molecule has 1 aliphatic heterocycles. The SMILES string of the molecule is O=[N+]([O-])c1ccc(Br)c(Cl)c1NCC1CCO1. The highest BCUT2D eigenvalue weighted by Crippen LogP contribution is 2.37. The third-order valence-corrected chi connectivity index (χ3v) is 3.85. The maximum absolute atomic E-state index is 10.9. The van der Waals surface area contributed by atoms with Crippen molar-refractivity contribution in [3.05, 3.63) is 31.7 Å². The average molecular weight is 322 g/mol. The van der Waals surface area contributed by atoms with E-state index in [1.165, 1.54) is 6.07 Å². The second kappa shape index (κ2) is 5.20. The number of rotatable bonds is 4. The summed E-state index contributed by atoms with van der Waals surface area (Å²) in [6.45, 7) is 1.28. The van der Waals surface area contributed by atoms with Crippen LogP contribution >= 0.6 is 27.5 Å². The fraction of sp³-hybridized carbons (Fsp3) is 0.400. The Morgan fingerprint density at radius 2 is 2.35 bits per heavy atom. The molecule has 1 aromatic carbocycles. The van der Waals surface area contributed by atoms with Crippen LogP contribution in [0.2, 0.25) is 5.02 Å². The molecule has 0 amide bonds. The molecule has 0 aromatic heterocycles. The topological polar surface area (TPSA) is 64.4 Å². The highest BCUT2D eigenvalue weighted by atomic mass is 79.9. The van der Waals surface area contributed by atoms with Crippen LogP contribution in [0.5, 0.6) is 0 Å². The molecule has 1 aromatic rings. The highest BCUT2D eigenvalue weighted by Gasteiger charge is 2.22. The molecule has 17 heavy (non-hydrogen) atoms. The molecule has 1 fully saturated rings. The minimum Gasteiger partial charge on any atom is -0.376 e. The first-order valence-corrected chi connectivity index (χ1v) is 6.24. The Bertz CT molecular complexity index is 451. The molecule has 7 heteroatoms. The fourth-order valence-corrected chi connectivity index (χ4v) is 2.08. The number of halogens is 2. The minimum absolute atomic E-state index is 0.0301. The van der Waals surface area contributed by atoms with E-state index in [0.29, 0.717) is 21.7 Å². The van der Waals surface area contributed by atoms with Crippen molar-refractivity contribution in [2.75, 3.05) is 18.5 Å². The van der Waals surface area contributed by atoms with E-state index >= 15 is 0 Å². The number of benzene rings is 1. The Morgan fingerprint density at radius 1 is 1.65 bits per heavy atom. The molecule has 0 spiro atoms. The highest BCUT2D eigenvalue weighted by molar-refractivity contribution is 9.10. The molecule has 5 nitrogen and oxygen atoms in total. The van der Waals surface area contributed by atoms with E-state index in [1.807, 2.05) is 0 Å². The molecule has 0 radical (unpaired) electrons. The second-order valence-electron chi connectivity index (χ2n) is 3.67. The predicted molar refractivity (Wildman–Crippen MR) is 68.7 cm³/mol. The van der Waals surface area contributed by atoms with Gasteiger partial charge in [0, 0.05) is 23.7 Å². The lowest BCUT2D eigenvalue weighted by Gasteiger charge is -2.27. The number of ether oxygens (including phenoxy) is 1. The van der Waals surface area contributed by atoms with Gasteiger partial charge in [-0.05, 0) is 28.4 Å². The van der Waals surface area contributed by atoms with Gasteiger partial charge in [-0.1, -0.05) is 11.6 Å². The zero-order valence-corrected chi connectivity index (χ0v) is 11.1. The first-order valence-electron chi connectivity index (χ1n) is 5.07. The van der Waals surface area contributed by atoms with Crippen molar-refractivity contribution >= 4 is 38.9 Å². The maximum Gasteiger partial charge on any atom is 0.293 e. The normalized spacial score (nSPS) is 18.6. The lowest BCUT2D eigenvalue weighted by Crippen LogP contribution is -2.33. The molecule has 0 aliphatic carbocycles. The molecule has 92 valence electrons. The molecule has 1 atom stereocenters. The Labute approximate surface area is 111 Å². The van der Waals surface area contributed by atoms with Gasteiger partial charge in [0.1, 0.15) is 5.69 Å². The van der Waals surface area contributed by atoms with Crippen LogP contribution in [-0.4, -0.2) is 24.2 Å². The van der Waals surface area contributed by atoms with Crippen molar-refractivity contribution in [2.24, 2.45) is 0 Å². The monoisotopic (exact) mass is 320 g/mol. The van der Waals surface area contributed by atoms with Gasteiger partial charge in [0.25, 0.3) is 5.69 Å². The van der Waals surface area contributed by atoms with Crippen molar-refractivity contribution in [3.63, 3.8) is 0 Å². The number of hydrogen-bond donors (Lipinski definition) is 1. The van der Waals surface area contributed by atoms with Gasteiger partial charge in [-0.3, -0.25) is 10.1 Å². The van der Waals surface area contributed by atoms with Gasteiger partial charge in [0.05, 0.1) is 16.0 Å². The summed E-state index contributed by atoms with van der Waals surface area (Å²) in [7, 11) is 0. The van der Waals surface area contributed by atoms with Gasteiger partial charge in [-0.2, -0.15) is 0 Å². The van der Waals surface area contributed by atoms with Crippen LogP contribution in [0.25, 0.3) is 0 Å². The van der Waals surface area contributed by atoms with Crippen molar-refractivity contribution in [1.29, 1.82) is 0 Å². The fourth-order valence-electron chi connectivity index (χ4n) is 1.52. The number of nitrogens with zero attached hydrogens (tertiary/aromatic N) is 1. The number of nitro benzene ring substituents is 1. The molecule has 1 N–H and O–H groups in total. The molecular formula is C10H10BrClN2O3. The van der Waals surface area contributed by atoms with Gasteiger partial charge in [-0.15, -0.1) is 0 Å². The molecule has 0 bridgehead atoms. The molecule has 2 rings (SSSR count). The van der Waals surface area contributed by atoms with Crippen LogP contribution in [0, 0.1) is 10.1 Å². The second-order valence-corrected chi connectivity index (χ2v) is 4.91. The molecule has 1 heterocycles. The van der Waals surface area contributed by atoms with Crippen LogP contribution in [0.1, 0.15) is 6.42 Å². The number of nitrogens with one attached hydrogen (secondary N) is 1. The van der Waals surface area contributed by atoms with Gasteiger partial charge in [-0.25, -0.2) is 0 Å². The van der Waals surface area contributed by atoms with E-state index in [1.54, 1.807) is 6.07 Å². The van der Waals surface area contributed by atoms with Crippen molar-refractivity contribution in [1.82, 2.24) is 0 Å². The maximum atomic E-state index is 10.9. The van der Waals surface area contributed by atoms with E-state index in [0.717, 1.165) is 13.0 Å². The van der Waals surface area contributed by atoms with Crippen LogP contribution in [-0.2, 0) is 4.74 Å². The summed E-state index contributed by atoms with van der Waals surface area (Å²) >= 11 is 9.27. The Balaban J connectivity index is 2.21. The lowest BCUT2D eigenvalue weighted by molar-refractivity contribution is -0.384. The zero-order valence-electron chi connectivity index (χ0n) is 8.78. The number of nitro groups is 1. The smallest absolute Gasteiger partial charge is 0.293 e. The van der Waals surface area contributed by atoms with Crippen LogP contribution in [0.4, 0.5) is 11.4 Å². The minimum atomic E-state index is -0.456. The molecule has 1 unspecified atom stereocenters. The molecule has 0 saturated carbocycles. The first-order chi connectivity index (χ1) is 8.09. The van der Waals surface area contributed by atoms with E-state index in [9.17, 15) is 10.1 Å². The standard InChI is InChI=1S/C10H10BrClN2O3/c11-7-1-2-8(14(15)16)10(9(7)12)13-5-6-3-4-17-6/h1-2,6,13H,3-5H2. The van der Waals surface area contributed by atoms with E-state index in [-0.39, 0.29) is 11.8 Å². The number of anilines is 1. The average Bonchev–Trinajstić information content (AvgIpc) is 2.21. The van der Waals surface area contributed by atoms with E-state index < -0.39 is 4.92 Å². The molecular weight excluding hydrogens is 311 g/mol. The van der Waals surface area contributed by atoms with Gasteiger partial charge in [0.15, 0.2) is 0 Å². The van der Waals surface area contributed by atoms with Crippen molar-refractivity contribution < 1.29 is 9.66 Å².